The van der Waals surface area contributed by atoms with E-state index in [2.05, 4.69) is 25.7 Å². The zero-order valence-electron chi connectivity index (χ0n) is 17.4. The van der Waals surface area contributed by atoms with Gasteiger partial charge in [0.25, 0.3) is 0 Å². The summed E-state index contributed by atoms with van der Waals surface area (Å²) in [5, 5.41) is 11.8. The van der Waals surface area contributed by atoms with Gasteiger partial charge in [0, 0.05) is 26.6 Å². The topological polar surface area (TPSA) is 94.0 Å². The molecule has 0 aliphatic carbocycles. The summed E-state index contributed by atoms with van der Waals surface area (Å²) in [4.78, 5) is 21.1. The van der Waals surface area contributed by atoms with Crippen LogP contribution in [0, 0.1) is 12.8 Å². The quantitative estimate of drug-likeness (QED) is 0.540. The Morgan fingerprint density at radius 2 is 1.93 bits per heavy atom. The molecule has 3 aromatic rings. The smallest absolute Gasteiger partial charge is 0.220 e. The lowest BCUT2D eigenvalue weighted by atomic mass is 10.1. The first kappa shape index (κ1) is 20.7. The first-order valence-corrected chi connectivity index (χ1v) is 9.80. The zero-order chi connectivity index (χ0) is 20.8. The van der Waals surface area contributed by atoms with E-state index in [0.717, 1.165) is 22.4 Å². The summed E-state index contributed by atoms with van der Waals surface area (Å²) in [6.45, 7) is 7.37. The van der Waals surface area contributed by atoms with Crippen molar-refractivity contribution in [1.29, 1.82) is 0 Å². The highest BCUT2D eigenvalue weighted by molar-refractivity contribution is 5.90. The van der Waals surface area contributed by atoms with Gasteiger partial charge in [0.1, 0.15) is 12.4 Å². The number of methoxy groups -OCH3 is 1. The fourth-order valence-electron chi connectivity index (χ4n) is 3.12. The van der Waals surface area contributed by atoms with Crippen LogP contribution in [0.1, 0.15) is 31.8 Å². The van der Waals surface area contributed by atoms with Gasteiger partial charge in [0.2, 0.25) is 5.91 Å². The fourth-order valence-corrected chi connectivity index (χ4v) is 3.12. The highest BCUT2D eigenvalue weighted by Gasteiger charge is 2.17. The minimum Gasteiger partial charge on any atom is -0.377 e. The molecule has 3 rings (SSSR count). The number of aromatic nitrogens is 4. The molecule has 154 valence electrons. The van der Waals surface area contributed by atoms with Gasteiger partial charge in [-0.3, -0.25) is 4.79 Å². The van der Waals surface area contributed by atoms with E-state index >= 15 is 0 Å². The van der Waals surface area contributed by atoms with Crippen LogP contribution in [0.2, 0.25) is 0 Å². The van der Waals surface area contributed by atoms with E-state index in [1.54, 1.807) is 7.11 Å². The maximum absolute atomic E-state index is 11.8. The van der Waals surface area contributed by atoms with Crippen molar-refractivity contribution in [1.82, 2.24) is 25.1 Å². The molecule has 0 aliphatic rings. The lowest BCUT2D eigenvalue weighted by Gasteiger charge is -2.11. The van der Waals surface area contributed by atoms with E-state index in [9.17, 15) is 4.79 Å². The number of nitrogens with zero attached hydrogens (tertiary/aromatic N) is 4. The number of hydrogen-bond acceptors (Lipinski definition) is 6. The average molecular weight is 396 g/mol. The number of fused-ring (bicyclic) bond motifs is 1. The number of amides is 1. The van der Waals surface area contributed by atoms with Crippen molar-refractivity contribution >= 4 is 22.8 Å². The number of benzene rings is 1. The number of aryl methyl sites for hydroxylation is 1. The third-order valence-electron chi connectivity index (χ3n) is 4.36. The Labute approximate surface area is 170 Å². The number of carbonyl (C=O) groups is 1. The molecule has 2 N–H and O–H groups in total. The molecule has 0 spiro atoms. The molecule has 8 nitrogen and oxygen atoms in total. The average Bonchev–Trinajstić information content (AvgIpc) is 3.02. The second-order valence-corrected chi connectivity index (χ2v) is 7.33. The van der Waals surface area contributed by atoms with Gasteiger partial charge in [0.05, 0.1) is 16.8 Å². The van der Waals surface area contributed by atoms with E-state index in [0.29, 0.717) is 43.7 Å². The van der Waals surface area contributed by atoms with Crippen molar-refractivity contribution < 1.29 is 9.53 Å². The van der Waals surface area contributed by atoms with Crippen LogP contribution in [0.5, 0.6) is 0 Å². The molecule has 0 radical (unpaired) electrons. The normalized spacial score (nSPS) is 11.2. The van der Waals surface area contributed by atoms with Crippen LogP contribution in [-0.4, -0.2) is 45.9 Å². The molecule has 29 heavy (non-hydrogen) atoms. The Bertz CT molecular complexity index is 968. The molecule has 0 unspecified atom stereocenters. The molecule has 0 saturated heterocycles. The standard InChI is InChI=1S/C21H28N6O2/c1-14(2)12-18(28)22-10-11-23-20-19-15(3)26-27(16-8-6-5-7-9-16)21(19)25-17(24-20)13-29-4/h5-9,14H,10-13H2,1-4H3,(H,22,28)(H,23,24,25). The van der Waals surface area contributed by atoms with Gasteiger partial charge in [-0.2, -0.15) is 5.10 Å². The van der Waals surface area contributed by atoms with E-state index in [1.165, 1.54) is 0 Å². The summed E-state index contributed by atoms with van der Waals surface area (Å²) in [7, 11) is 1.62. The van der Waals surface area contributed by atoms with E-state index in [-0.39, 0.29) is 5.91 Å². The van der Waals surface area contributed by atoms with Crippen molar-refractivity contribution in [2.45, 2.75) is 33.8 Å². The van der Waals surface area contributed by atoms with Crippen molar-refractivity contribution in [2.75, 3.05) is 25.5 Å². The van der Waals surface area contributed by atoms with E-state index < -0.39 is 0 Å². The molecule has 0 fully saturated rings. The number of para-hydroxylation sites is 1. The number of ether oxygens (including phenoxy) is 1. The molecule has 1 amide bonds. The second-order valence-electron chi connectivity index (χ2n) is 7.33. The molecule has 0 saturated carbocycles. The molecule has 0 aliphatic heterocycles. The summed E-state index contributed by atoms with van der Waals surface area (Å²) in [6, 6.07) is 9.87. The lowest BCUT2D eigenvalue weighted by Crippen LogP contribution is -2.29. The largest absolute Gasteiger partial charge is 0.377 e. The summed E-state index contributed by atoms with van der Waals surface area (Å²) >= 11 is 0. The molecule has 2 aromatic heterocycles. The Morgan fingerprint density at radius 1 is 1.17 bits per heavy atom. The molecule has 2 heterocycles. The predicted octanol–water partition coefficient (Wildman–Crippen LogP) is 2.84. The first-order chi connectivity index (χ1) is 14.0. The minimum atomic E-state index is 0.0581. The molecular weight excluding hydrogens is 368 g/mol. The second kappa shape index (κ2) is 9.47. The van der Waals surface area contributed by atoms with Gasteiger partial charge >= 0.3 is 0 Å². The summed E-state index contributed by atoms with van der Waals surface area (Å²) < 4.78 is 7.06. The number of nitrogens with one attached hydrogen (secondary N) is 2. The van der Waals surface area contributed by atoms with Gasteiger partial charge in [-0.15, -0.1) is 0 Å². The maximum atomic E-state index is 11.8. The van der Waals surface area contributed by atoms with Crippen LogP contribution in [0.3, 0.4) is 0 Å². The number of anilines is 1. The van der Waals surface area contributed by atoms with Gasteiger partial charge in [-0.05, 0) is 25.0 Å². The SMILES string of the molecule is COCc1nc(NCCNC(=O)CC(C)C)c2c(C)nn(-c3ccccc3)c2n1. The van der Waals surface area contributed by atoms with Crippen LogP contribution in [-0.2, 0) is 16.1 Å². The Morgan fingerprint density at radius 3 is 2.62 bits per heavy atom. The number of carbonyl (C=O) groups excluding carboxylic acids is 1. The van der Waals surface area contributed by atoms with Crippen LogP contribution < -0.4 is 10.6 Å². The van der Waals surface area contributed by atoms with Crippen molar-refractivity contribution in [3.63, 3.8) is 0 Å². The van der Waals surface area contributed by atoms with Crippen molar-refractivity contribution in [3.8, 4) is 5.69 Å². The number of hydrogen-bond donors (Lipinski definition) is 2. The van der Waals surface area contributed by atoms with Gasteiger partial charge < -0.3 is 15.4 Å². The van der Waals surface area contributed by atoms with Gasteiger partial charge in [-0.1, -0.05) is 32.0 Å². The summed E-state index contributed by atoms with van der Waals surface area (Å²) in [6.07, 6.45) is 0.526. The van der Waals surface area contributed by atoms with Crippen molar-refractivity contribution in [3.05, 3.63) is 41.9 Å². The van der Waals surface area contributed by atoms with Gasteiger partial charge in [-0.25, -0.2) is 14.6 Å². The van der Waals surface area contributed by atoms with Crippen molar-refractivity contribution in [2.24, 2.45) is 5.92 Å². The summed E-state index contributed by atoms with van der Waals surface area (Å²) in [5.41, 5.74) is 2.49. The third-order valence-corrected chi connectivity index (χ3v) is 4.36. The molecule has 8 heteroatoms. The maximum Gasteiger partial charge on any atom is 0.220 e. The van der Waals surface area contributed by atoms with E-state index in [4.69, 9.17) is 4.74 Å². The van der Waals surface area contributed by atoms with Crippen LogP contribution in [0.15, 0.2) is 30.3 Å². The number of rotatable bonds is 9. The first-order valence-electron chi connectivity index (χ1n) is 9.80. The monoisotopic (exact) mass is 396 g/mol. The van der Waals surface area contributed by atoms with Crippen LogP contribution in [0.25, 0.3) is 16.7 Å². The predicted molar refractivity (Wildman–Crippen MR) is 113 cm³/mol. The minimum absolute atomic E-state index is 0.0581. The lowest BCUT2D eigenvalue weighted by molar-refractivity contribution is -0.121. The van der Waals surface area contributed by atoms with Crippen LogP contribution in [0.4, 0.5) is 5.82 Å². The molecular formula is C21H28N6O2. The van der Waals surface area contributed by atoms with Crippen LogP contribution >= 0.6 is 0 Å². The molecule has 0 atom stereocenters. The van der Waals surface area contributed by atoms with Gasteiger partial charge in [0.15, 0.2) is 11.5 Å². The Kier molecular flexibility index (Phi) is 6.77. The third kappa shape index (κ3) is 5.08. The highest BCUT2D eigenvalue weighted by atomic mass is 16.5. The van der Waals surface area contributed by atoms with E-state index in [1.807, 2.05) is 55.8 Å². The summed E-state index contributed by atoms with van der Waals surface area (Å²) in [5.74, 6) is 1.67. The highest BCUT2D eigenvalue weighted by Crippen LogP contribution is 2.26. The fraction of sp³-hybridized carbons (Fsp3) is 0.429. The Hall–Kier alpha value is -3.00. The zero-order valence-corrected chi connectivity index (χ0v) is 17.4. The molecule has 1 aromatic carbocycles. The Balaban J connectivity index is 1.86. The molecule has 0 bridgehead atoms.